The maximum atomic E-state index is 6.02. The zero-order valence-electron chi connectivity index (χ0n) is 11.5. The van der Waals surface area contributed by atoms with Gasteiger partial charge >= 0.3 is 0 Å². The molecule has 2 heteroatoms. The van der Waals surface area contributed by atoms with Crippen LogP contribution in [-0.4, -0.2) is 31.1 Å². The number of hydrogen-bond donors (Lipinski definition) is 1. The predicted molar refractivity (Wildman–Crippen MR) is 69.0 cm³/mol. The zero-order valence-corrected chi connectivity index (χ0v) is 11.5. The molecule has 0 saturated heterocycles. The molecule has 15 heavy (non-hydrogen) atoms. The second-order valence-electron chi connectivity index (χ2n) is 6.31. The van der Waals surface area contributed by atoms with Crippen molar-refractivity contribution in [3.05, 3.63) is 0 Å². The molecule has 0 aliphatic rings. The molecule has 0 aromatic heterocycles. The van der Waals surface area contributed by atoms with E-state index >= 15 is 0 Å². The van der Waals surface area contributed by atoms with Gasteiger partial charge in [0.2, 0.25) is 0 Å². The van der Waals surface area contributed by atoms with Crippen LogP contribution in [0.3, 0.4) is 0 Å². The second-order valence-corrected chi connectivity index (χ2v) is 6.31. The van der Waals surface area contributed by atoms with Gasteiger partial charge in [-0.15, -0.1) is 0 Å². The maximum Gasteiger partial charge on any atom is 0.00740 e. The van der Waals surface area contributed by atoms with Crippen LogP contribution in [0, 0.1) is 11.3 Å². The van der Waals surface area contributed by atoms with Crippen molar-refractivity contribution < 1.29 is 0 Å². The summed E-state index contributed by atoms with van der Waals surface area (Å²) in [6.07, 6.45) is 2.36. The summed E-state index contributed by atoms with van der Waals surface area (Å²) in [7, 11) is 2.19. The van der Waals surface area contributed by atoms with Crippen LogP contribution < -0.4 is 5.73 Å². The van der Waals surface area contributed by atoms with E-state index in [1.807, 2.05) is 0 Å². The van der Waals surface area contributed by atoms with Crippen LogP contribution in [0.5, 0.6) is 0 Å². The monoisotopic (exact) mass is 214 g/mol. The summed E-state index contributed by atoms with van der Waals surface area (Å²) in [4.78, 5) is 2.40. The molecule has 2 nitrogen and oxygen atoms in total. The molecule has 0 radical (unpaired) electrons. The molecule has 0 aromatic carbocycles. The van der Waals surface area contributed by atoms with Gasteiger partial charge in [0.25, 0.3) is 0 Å². The highest BCUT2D eigenvalue weighted by atomic mass is 15.1. The van der Waals surface area contributed by atoms with Crippen LogP contribution in [0.2, 0.25) is 0 Å². The molecule has 0 fully saturated rings. The normalized spacial score (nSPS) is 15.0. The van der Waals surface area contributed by atoms with Gasteiger partial charge in [-0.3, -0.25) is 0 Å². The average Bonchev–Trinajstić information content (AvgIpc) is 2.09. The lowest BCUT2D eigenvalue weighted by Crippen LogP contribution is -2.33. The third-order valence-electron chi connectivity index (χ3n) is 2.94. The van der Waals surface area contributed by atoms with Gasteiger partial charge in [0.1, 0.15) is 0 Å². The molecular formula is C13H30N2. The lowest BCUT2D eigenvalue weighted by molar-refractivity contribution is 0.251. The lowest BCUT2D eigenvalue weighted by atomic mass is 9.92. The Bertz CT molecular complexity index is 158. The van der Waals surface area contributed by atoms with Crippen LogP contribution in [0.1, 0.15) is 47.5 Å². The quantitative estimate of drug-likeness (QED) is 0.736. The van der Waals surface area contributed by atoms with Gasteiger partial charge in [-0.2, -0.15) is 0 Å². The van der Waals surface area contributed by atoms with Crippen molar-refractivity contribution in [3.8, 4) is 0 Å². The van der Waals surface area contributed by atoms with Gasteiger partial charge in [0.05, 0.1) is 0 Å². The Labute approximate surface area is 96.2 Å². The fourth-order valence-corrected chi connectivity index (χ4v) is 1.34. The molecule has 0 spiro atoms. The smallest absolute Gasteiger partial charge is 0.00740 e. The fraction of sp³-hybridized carbons (Fsp3) is 1.00. The number of nitrogens with two attached hydrogens (primary N) is 1. The van der Waals surface area contributed by atoms with Crippen molar-refractivity contribution in [1.29, 1.82) is 0 Å². The van der Waals surface area contributed by atoms with E-state index in [1.54, 1.807) is 0 Å². The first kappa shape index (κ1) is 14.9. The Morgan fingerprint density at radius 2 is 1.67 bits per heavy atom. The highest BCUT2D eigenvalue weighted by molar-refractivity contribution is 4.69. The molecule has 2 N–H and O–H groups in total. The van der Waals surface area contributed by atoms with Crippen LogP contribution in [-0.2, 0) is 0 Å². The predicted octanol–water partition coefficient (Wildman–Crippen LogP) is 2.73. The van der Waals surface area contributed by atoms with E-state index in [0.717, 1.165) is 13.0 Å². The first-order chi connectivity index (χ1) is 6.72. The summed E-state index contributed by atoms with van der Waals surface area (Å²) < 4.78 is 0. The molecule has 0 aliphatic heterocycles. The third kappa shape index (κ3) is 8.88. The van der Waals surface area contributed by atoms with Crippen molar-refractivity contribution in [3.63, 3.8) is 0 Å². The van der Waals surface area contributed by atoms with E-state index in [-0.39, 0.29) is 0 Å². The SMILES string of the molecule is CC(C)C(N)CCN(C)CCC(C)(C)C. The highest BCUT2D eigenvalue weighted by Gasteiger charge is 2.12. The van der Waals surface area contributed by atoms with Crippen LogP contribution in [0.4, 0.5) is 0 Å². The van der Waals surface area contributed by atoms with E-state index in [2.05, 4.69) is 46.6 Å². The Balaban J connectivity index is 3.62. The van der Waals surface area contributed by atoms with Crippen LogP contribution in [0.15, 0.2) is 0 Å². The third-order valence-corrected chi connectivity index (χ3v) is 2.94. The molecule has 92 valence electrons. The van der Waals surface area contributed by atoms with Crippen molar-refractivity contribution >= 4 is 0 Å². The molecule has 0 saturated carbocycles. The van der Waals surface area contributed by atoms with Crippen LogP contribution >= 0.6 is 0 Å². The van der Waals surface area contributed by atoms with Crippen molar-refractivity contribution in [2.75, 3.05) is 20.1 Å². The van der Waals surface area contributed by atoms with E-state index in [0.29, 0.717) is 17.4 Å². The van der Waals surface area contributed by atoms with Crippen molar-refractivity contribution in [1.82, 2.24) is 4.90 Å². The average molecular weight is 214 g/mol. The molecule has 0 amide bonds. The summed E-state index contributed by atoms with van der Waals surface area (Å²) in [5, 5.41) is 0. The fourth-order valence-electron chi connectivity index (χ4n) is 1.34. The molecule has 1 unspecified atom stereocenters. The first-order valence-corrected chi connectivity index (χ1v) is 6.16. The number of hydrogen-bond acceptors (Lipinski definition) is 2. The van der Waals surface area contributed by atoms with Crippen molar-refractivity contribution in [2.45, 2.75) is 53.5 Å². The highest BCUT2D eigenvalue weighted by Crippen LogP contribution is 2.18. The summed E-state index contributed by atoms with van der Waals surface area (Å²) in [5.74, 6) is 0.598. The zero-order chi connectivity index (χ0) is 12.1. The number of nitrogens with zero attached hydrogens (tertiary/aromatic N) is 1. The van der Waals surface area contributed by atoms with E-state index in [1.165, 1.54) is 13.0 Å². The standard InChI is InChI=1S/C13H30N2/c1-11(2)12(14)7-9-15(6)10-8-13(3,4)5/h11-12H,7-10,14H2,1-6H3. The minimum absolute atomic E-state index is 0.349. The molecule has 0 aliphatic carbocycles. The molecule has 0 aromatic rings. The Hall–Kier alpha value is -0.0800. The molecule has 1 atom stereocenters. The van der Waals surface area contributed by atoms with E-state index in [9.17, 15) is 0 Å². The largest absolute Gasteiger partial charge is 0.327 e. The van der Waals surface area contributed by atoms with E-state index < -0.39 is 0 Å². The summed E-state index contributed by atoms with van der Waals surface area (Å²) >= 11 is 0. The first-order valence-electron chi connectivity index (χ1n) is 6.16. The summed E-state index contributed by atoms with van der Waals surface area (Å²) in [6.45, 7) is 13.6. The van der Waals surface area contributed by atoms with Gasteiger partial charge in [-0.05, 0) is 44.3 Å². The Morgan fingerprint density at radius 3 is 2.07 bits per heavy atom. The minimum Gasteiger partial charge on any atom is -0.327 e. The van der Waals surface area contributed by atoms with Crippen LogP contribution in [0.25, 0.3) is 0 Å². The summed E-state index contributed by atoms with van der Waals surface area (Å²) in [5.41, 5.74) is 6.46. The summed E-state index contributed by atoms with van der Waals surface area (Å²) in [6, 6.07) is 0.349. The maximum absolute atomic E-state index is 6.02. The minimum atomic E-state index is 0.349. The molecule has 0 bridgehead atoms. The Morgan fingerprint density at radius 1 is 1.13 bits per heavy atom. The number of rotatable bonds is 6. The molecular weight excluding hydrogens is 184 g/mol. The van der Waals surface area contributed by atoms with Gasteiger partial charge in [0, 0.05) is 6.04 Å². The molecule has 0 rings (SSSR count). The second kappa shape index (κ2) is 6.49. The van der Waals surface area contributed by atoms with Gasteiger partial charge in [-0.1, -0.05) is 34.6 Å². The van der Waals surface area contributed by atoms with Crippen molar-refractivity contribution in [2.24, 2.45) is 17.1 Å². The Kier molecular flexibility index (Phi) is 6.46. The lowest BCUT2D eigenvalue weighted by Gasteiger charge is -2.25. The van der Waals surface area contributed by atoms with Gasteiger partial charge < -0.3 is 10.6 Å². The molecule has 0 heterocycles. The topological polar surface area (TPSA) is 29.3 Å². The van der Waals surface area contributed by atoms with E-state index in [4.69, 9.17) is 5.73 Å². The van der Waals surface area contributed by atoms with Gasteiger partial charge in [0.15, 0.2) is 0 Å². The van der Waals surface area contributed by atoms with Gasteiger partial charge in [-0.25, -0.2) is 0 Å².